The molecule has 0 aliphatic heterocycles. The highest BCUT2D eigenvalue weighted by molar-refractivity contribution is 6.30. The van der Waals surface area contributed by atoms with Gasteiger partial charge in [-0.2, -0.15) is 5.10 Å². The van der Waals surface area contributed by atoms with Crippen molar-refractivity contribution in [3.8, 4) is 5.69 Å². The van der Waals surface area contributed by atoms with Crippen molar-refractivity contribution >= 4 is 23.5 Å². The first-order valence-electron chi connectivity index (χ1n) is 7.25. The number of hydrogen-bond donors (Lipinski definition) is 1. The number of aryl methyl sites for hydroxylation is 1. The molecule has 122 valence electrons. The Balaban J connectivity index is 2.30. The first-order chi connectivity index (χ1) is 10.9. The Morgan fingerprint density at radius 1 is 1.30 bits per heavy atom. The van der Waals surface area contributed by atoms with Gasteiger partial charge in [-0.15, -0.1) is 0 Å². The fourth-order valence-electron chi connectivity index (χ4n) is 2.25. The molecule has 1 aromatic carbocycles. The first-order valence-corrected chi connectivity index (χ1v) is 7.63. The molecule has 1 N–H and O–H groups in total. The van der Waals surface area contributed by atoms with Crippen molar-refractivity contribution < 1.29 is 14.7 Å². The molecular formula is C16H18ClN3O3. The second-order valence-corrected chi connectivity index (χ2v) is 5.61. The standard InChI is InChI=1S/C16H18ClN3O3/c1-3-8-19(10-15(21)22)16(23)14-9-20(18-11(14)2)13-6-4-12(17)5-7-13/h4-7,9H,3,8,10H2,1-2H3,(H,21,22). The lowest BCUT2D eigenvalue weighted by molar-refractivity contribution is -0.137. The molecule has 7 heteroatoms. The Morgan fingerprint density at radius 3 is 2.52 bits per heavy atom. The number of carboxylic acids is 1. The van der Waals surface area contributed by atoms with Crippen molar-refractivity contribution in [3.05, 3.63) is 46.7 Å². The first kappa shape index (κ1) is 17.0. The van der Waals surface area contributed by atoms with Gasteiger partial charge in [0.25, 0.3) is 5.91 Å². The lowest BCUT2D eigenvalue weighted by Gasteiger charge is -2.19. The molecule has 0 spiro atoms. The molecule has 2 aromatic rings. The molecule has 0 aliphatic rings. The largest absolute Gasteiger partial charge is 0.480 e. The Morgan fingerprint density at radius 2 is 1.96 bits per heavy atom. The molecule has 1 aromatic heterocycles. The summed E-state index contributed by atoms with van der Waals surface area (Å²) in [5.41, 5.74) is 1.72. The molecule has 0 radical (unpaired) electrons. The van der Waals surface area contributed by atoms with Crippen LogP contribution in [0.1, 0.15) is 29.4 Å². The molecule has 0 atom stereocenters. The average Bonchev–Trinajstić information content (AvgIpc) is 2.88. The van der Waals surface area contributed by atoms with Gasteiger partial charge >= 0.3 is 5.97 Å². The number of amides is 1. The maximum absolute atomic E-state index is 12.6. The Kier molecular flexibility index (Phi) is 5.39. The van der Waals surface area contributed by atoms with Crippen molar-refractivity contribution in [1.82, 2.24) is 14.7 Å². The van der Waals surface area contributed by atoms with Crippen LogP contribution in [0.15, 0.2) is 30.5 Å². The topological polar surface area (TPSA) is 75.4 Å². The van der Waals surface area contributed by atoms with Crippen molar-refractivity contribution in [2.75, 3.05) is 13.1 Å². The van der Waals surface area contributed by atoms with Gasteiger partial charge in [0.15, 0.2) is 0 Å². The third kappa shape index (κ3) is 4.10. The van der Waals surface area contributed by atoms with Gasteiger partial charge in [0.1, 0.15) is 6.54 Å². The van der Waals surface area contributed by atoms with Gasteiger partial charge in [-0.3, -0.25) is 9.59 Å². The fraction of sp³-hybridized carbons (Fsp3) is 0.312. The van der Waals surface area contributed by atoms with E-state index in [4.69, 9.17) is 16.7 Å². The smallest absolute Gasteiger partial charge is 0.323 e. The van der Waals surface area contributed by atoms with Gasteiger partial charge in [-0.1, -0.05) is 18.5 Å². The number of carbonyl (C=O) groups is 2. The van der Waals surface area contributed by atoms with Crippen molar-refractivity contribution in [3.63, 3.8) is 0 Å². The molecule has 2 rings (SSSR count). The Bertz CT molecular complexity index is 710. The van der Waals surface area contributed by atoms with E-state index in [1.807, 2.05) is 6.92 Å². The summed E-state index contributed by atoms with van der Waals surface area (Å²) in [6.07, 6.45) is 2.30. The summed E-state index contributed by atoms with van der Waals surface area (Å²) >= 11 is 5.86. The number of hydrogen-bond acceptors (Lipinski definition) is 3. The van der Waals surface area contributed by atoms with E-state index < -0.39 is 5.97 Å². The molecule has 1 heterocycles. The molecule has 0 saturated heterocycles. The minimum atomic E-state index is -1.03. The van der Waals surface area contributed by atoms with Crippen LogP contribution in [0.25, 0.3) is 5.69 Å². The lowest BCUT2D eigenvalue weighted by atomic mass is 10.2. The van der Waals surface area contributed by atoms with Crippen LogP contribution in [0, 0.1) is 6.92 Å². The normalized spacial score (nSPS) is 10.6. The Hall–Kier alpha value is -2.34. The number of nitrogens with zero attached hydrogens (tertiary/aromatic N) is 3. The summed E-state index contributed by atoms with van der Waals surface area (Å²) in [4.78, 5) is 24.8. The van der Waals surface area contributed by atoms with E-state index >= 15 is 0 Å². The summed E-state index contributed by atoms with van der Waals surface area (Å²) in [5.74, 6) is -1.36. The van der Waals surface area contributed by atoms with Crippen LogP contribution < -0.4 is 0 Å². The van der Waals surface area contributed by atoms with Crippen LogP contribution in [0.3, 0.4) is 0 Å². The SMILES string of the molecule is CCCN(CC(=O)O)C(=O)c1cn(-c2ccc(Cl)cc2)nc1C. The molecule has 0 bridgehead atoms. The predicted octanol–water partition coefficient (Wildman–Crippen LogP) is 2.77. The zero-order chi connectivity index (χ0) is 17.0. The minimum absolute atomic E-state index is 0.321. The number of rotatable bonds is 6. The second kappa shape index (κ2) is 7.28. The zero-order valence-electron chi connectivity index (χ0n) is 13.0. The van der Waals surface area contributed by atoms with Crippen LogP contribution >= 0.6 is 11.6 Å². The van der Waals surface area contributed by atoms with E-state index in [9.17, 15) is 9.59 Å². The zero-order valence-corrected chi connectivity index (χ0v) is 13.7. The average molecular weight is 336 g/mol. The number of aromatic nitrogens is 2. The molecule has 23 heavy (non-hydrogen) atoms. The maximum Gasteiger partial charge on any atom is 0.323 e. The molecule has 0 aliphatic carbocycles. The highest BCUT2D eigenvalue weighted by atomic mass is 35.5. The van der Waals surface area contributed by atoms with Crippen LogP contribution in [0.5, 0.6) is 0 Å². The van der Waals surface area contributed by atoms with Crippen LogP contribution in [-0.4, -0.2) is 44.8 Å². The number of carboxylic acid groups (broad SMARTS) is 1. The van der Waals surface area contributed by atoms with Crippen molar-refractivity contribution in [2.24, 2.45) is 0 Å². The molecule has 0 unspecified atom stereocenters. The number of carbonyl (C=O) groups excluding carboxylic acids is 1. The minimum Gasteiger partial charge on any atom is -0.480 e. The van der Waals surface area contributed by atoms with Crippen LogP contribution in [0.2, 0.25) is 5.02 Å². The van der Waals surface area contributed by atoms with Gasteiger partial charge in [-0.25, -0.2) is 4.68 Å². The fourth-order valence-corrected chi connectivity index (χ4v) is 2.38. The summed E-state index contributed by atoms with van der Waals surface area (Å²) in [6.45, 7) is 3.69. The highest BCUT2D eigenvalue weighted by Crippen LogP contribution is 2.16. The third-order valence-corrected chi connectivity index (χ3v) is 3.58. The van der Waals surface area contributed by atoms with Gasteiger partial charge in [0, 0.05) is 17.8 Å². The van der Waals surface area contributed by atoms with E-state index in [0.717, 1.165) is 5.69 Å². The highest BCUT2D eigenvalue weighted by Gasteiger charge is 2.22. The van der Waals surface area contributed by atoms with Crippen molar-refractivity contribution in [1.29, 1.82) is 0 Å². The number of benzene rings is 1. The van der Waals surface area contributed by atoms with Gasteiger partial charge in [-0.05, 0) is 37.6 Å². The lowest BCUT2D eigenvalue weighted by Crippen LogP contribution is -2.36. The molecule has 6 nitrogen and oxygen atoms in total. The summed E-state index contributed by atoms with van der Waals surface area (Å²) in [6, 6.07) is 7.07. The van der Waals surface area contributed by atoms with Crippen LogP contribution in [0.4, 0.5) is 0 Å². The maximum atomic E-state index is 12.6. The predicted molar refractivity (Wildman–Crippen MR) is 87.1 cm³/mol. The van der Waals surface area contributed by atoms with Gasteiger partial charge < -0.3 is 10.0 Å². The third-order valence-electron chi connectivity index (χ3n) is 3.33. The summed E-state index contributed by atoms with van der Waals surface area (Å²) in [7, 11) is 0. The number of aliphatic carboxylic acids is 1. The molecule has 0 fully saturated rings. The molecular weight excluding hydrogens is 318 g/mol. The van der Waals surface area contributed by atoms with Crippen molar-refractivity contribution in [2.45, 2.75) is 20.3 Å². The van der Waals surface area contributed by atoms with E-state index in [1.165, 1.54) is 4.90 Å². The molecule has 0 saturated carbocycles. The van der Waals surface area contributed by atoms with Gasteiger partial charge in [0.05, 0.1) is 16.9 Å². The van der Waals surface area contributed by atoms with E-state index in [-0.39, 0.29) is 12.5 Å². The van der Waals surface area contributed by atoms with Crippen LogP contribution in [-0.2, 0) is 4.79 Å². The summed E-state index contributed by atoms with van der Waals surface area (Å²) in [5, 5.41) is 13.9. The quantitative estimate of drug-likeness (QED) is 0.880. The number of halogens is 1. The van der Waals surface area contributed by atoms with E-state index in [0.29, 0.717) is 29.2 Å². The Labute approximate surface area is 139 Å². The molecule has 1 amide bonds. The second-order valence-electron chi connectivity index (χ2n) is 5.17. The monoisotopic (exact) mass is 335 g/mol. The summed E-state index contributed by atoms with van der Waals surface area (Å²) < 4.78 is 1.59. The van der Waals surface area contributed by atoms with E-state index in [2.05, 4.69) is 5.10 Å². The van der Waals surface area contributed by atoms with Gasteiger partial charge in [0.2, 0.25) is 0 Å². The van der Waals surface area contributed by atoms with E-state index in [1.54, 1.807) is 42.1 Å².